The van der Waals surface area contributed by atoms with Gasteiger partial charge in [0.1, 0.15) is 0 Å². The lowest BCUT2D eigenvalue weighted by molar-refractivity contribution is -0.126. The summed E-state index contributed by atoms with van der Waals surface area (Å²) < 4.78 is 0. The molecule has 0 heterocycles. The Bertz CT molecular complexity index is 489. The summed E-state index contributed by atoms with van der Waals surface area (Å²) in [6, 6.07) is 7.50. The van der Waals surface area contributed by atoms with Crippen LogP contribution in [0.2, 0.25) is 5.02 Å². The van der Waals surface area contributed by atoms with E-state index in [1.165, 1.54) is 0 Å². The van der Waals surface area contributed by atoms with E-state index in [0.717, 1.165) is 5.56 Å². The molecule has 110 valence electrons. The van der Waals surface area contributed by atoms with Crippen molar-refractivity contribution in [2.45, 2.75) is 25.8 Å². The SMILES string of the molecule is CC(C)(Cc1ccccc1Cl)NC(=O)CNC(=O)CN. The van der Waals surface area contributed by atoms with E-state index in [0.29, 0.717) is 11.4 Å². The number of rotatable bonds is 6. The van der Waals surface area contributed by atoms with Gasteiger partial charge in [-0.3, -0.25) is 9.59 Å². The molecule has 0 saturated heterocycles. The van der Waals surface area contributed by atoms with Crippen molar-refractivity contribution < 1.29 is 9.59 Å². The summed E-state index contributed by atoms with van der Waals surface area (Å²) in [4.78, 5) is 22.7. The first-order chi connectivity index (χ1) is 9.34. The summed E-state index contributed by atoms with van der Waals surface area (Å²) in [6.07, 6.45) is 0.600. The molecular formula is C14H20ClN3O2. The van der Waals surface area contributed by atoms with Gasteiger partial charge in [0.25, 0.3) is 0 Å². The predicted octanol–water partition coefficient (Wildman–Crippen LogP) is 0.852. The zero-order valence-corrected chi connectivity index (χ0v) is 12.5. The smallest absolute Gasteiger partial charge is 0.239 e. The maximum atomic E-state index is 11.8. The maximum Gasteiger partial charge on any atom is 0.239 e. The average molecular weight is 298 g/mol. The highest BCUT2D eigenvalue weighted by molar-refractivity contribution is 6.31. The first-order valence-electron chi connectivity index (χ1n) is 6.35. The lowest BCUT2D eigenvalue weighted by Gasteiger charge is -2.27. The second-order valence-corrected chi connectivity index (χ2v) is 5.59. The Morgan fingerprint density at radius 2 is 1.90 bits per heavy atom. The van der Waals surface area contributed by atoms with Crippen LogP contribution in [0.1, 0.15) is 19.4 Å². The third-order valence-electron chi connectivity index (χ3n) is 2.70. The third-order valence-corrected chi connectivity index (χ3v) is 3.07. The summed E-state index contributed by atoms with van der Waals surface area (Å²) in [7, 11) is 0. The van der Waals surface area contributed by atoms with Crippen LogP contribution in [-0.2, 0) is 16.0 Å². The zero-order chi connectivity index (χ0) is 15.2. The van der Waals surface area contributed by atoms with E-state index in [9.17, 15) is 9.59 Å². The van der Waals surface area contributed by atoms with Crippen LogP contribution in [0.5, 0.6) is 0 Å². The van der Waals surface area contributed by atoms with Gasteiger partial charge in [0, 0.05) is 10.6 Å². The summed E-state index contributed by atoms with van der Waals surface area (Å²) in [5.41, 5.74) is 5.65. The molecule has 2 amide bonds. The molecule has 0 bridgehead atoms. The van der Waals surface area contributed by atoms with Crippen LogP contribution in [0.3, 0.4) is 0 Å². The Balaban J connectivity index is 2.55. The number of carbonyl (C=O) groups is 2. The minimum absolute atomic E-state index is 0.0814. The van der Waals surface area contributed by atoms with E-state index >= 15 is 0 Å². The molecule has 0 aliphatic carbocycles. The quantitative estimate of drug-likeness (QED) is 0.728. The topological polar surface area (TPSA) is 84.2 Å². The third kappa shape index (κ3) is 5.59. The number of hydrogen-bond acceptors (Lipinski definition) is 3. The second kappa shape index (κ2) is 7.26. The molecule has 1 aromatic carbocycles. The normalized spacial score (nSPS) is 11.0. The Morgan fingerprint density at radius 3 is 2.50 bits per heavy atom. The molecule has 0 fully saturated rings. The largest absolute Gasteiger partial charge is 0.349 e. The van der Waals surface area contributed by atoms with Crippen LogP contribution in [0.15, 0.2) is 24.3 Å². The molecular weight excluding hydrogens is 278 g/mol. The van der Waals surface area contributed by atoms with Gasteiger partial charge < -0.3 is 16.4 Å². The van der Waals surface area contributed by atoms with Gasteiger partial charge in [-0.2, -0.15) is 0 Å². The fourth-order valence-electron chi connectivity index (χ4n) is 1.83. The molecule has 0 radical (unpaired) electrons. The van der Waals surface area contributed by atoms with Crippen molar-refractivity contribution in [2.75, 3.05) is 13.1 Å². The van der Waals surface area contributed by atoms with Crippen LogP contribution in [0.25, 0.3) is 0 Å². The number of hydrogen-bond donors (Lipinski definition) is 3. The molecule has 0 aliphatic heterocycles. The minimum Gasteiger partial charge on any atom is -0.349 e. The first kappa shape index (κ1) is 16.5. The van der Waals surface area contributed by atoms with Crippen molar-refractivity contribution >= 4 is 23.4 Å². The number of nitrogens with one attached hydrogen (secondary N) is 2. The number of amides is 2. The van der Waals surface area contributed by atoms with E-state index in [2.05, 4.69) is 10.6 Å². The molecule has 0 spiro atoms. The van der Waals surface area contributed by atoms with Gasteiger partial charge >= 0.3 is 0 Å². The van der Waals surface area contributed by atoms with Gasteiger partial charge in [0.2, 0.25) is 11.8 Å². The van der Waals surface area contributed by atoms with Crippen molar-refractivity contribution in [3.8, 4) is 0 Å². The van der Waals surface area contributed by atoms with E-state index < -0.39 is 5.54 Å². The minimum atomic E-state index is -0.463. The number of carbonyl (C=O) groups excluding carboxylic acids is 2. The lowest BCUT2D eigenvalue weighted by Crippen LogP contribution is -2.49. The van der Waals surface area contributed by atoms with Gasteiger partial charge in [0.05, 0.1) is 13.1 Å². The van der Waals surface area contributed by atoms with E-state index in [4.69, 9.17) is 17.3 Å². The van der Waals surface area contributed by atoms with Gasteiger partial charge in [-0.1, -0.05) is 29.8 Å². The van der Waals surface area contributed by atoms with Crippen LogP contribution in [0.4, 0.5) is 0 Å². The standard InChI is InChI=1S/C14H20ClN3O2/c1-14(2,7-10-5-3-4-6-11(10)15)18-13(20)9-17-12(19)8-16/h3-6H,7-9,16H2,1-2H3,(H,17,19)(H,18,20). The van der Waals surface area contributed by atoms with E-state index in [1.54, 1.807) is 0 Å². The Kier molecular flexibility index (Phi) is 5.98. The molecule has 0 atom stereocenters. The van der Waals surface area contributed by atoms with Gasteiger partial charge in [-0.15, -0.1) is 0 Å². The lowest BCUT2D eigenvalue weighted by atomic mass is 9.95. The van der Waals surface area contributed by atoms with Crippen molar-refractivity contribution in [1.29, 1.82) is 0 Å². The van der Waals surface area contributed by atoms with E-state index in [1.807, 2.05) is 38.1 Å². The fourth-order valence-corrected chi connectivity index (χ4v) is 2.04. The van der Waals surface area contributed by atoms with Gasteiger partial charge in [-0.25, -0.2) is 0 Å². The van der Waals surface area contributed by atoms with Crippen molar-refractivity contribution in [3.63, 3.8) is 0 Å². The van der Waals surface area contributed by atoms with Gasteiger partial charge in [-0.05, 0) is 31.9 Å². The summed E-state index contributed by atoms with van der Waals surface area (Å²) in [6.45, 7) is 3.59. The summed E-state index contributed by atoms with van der Waals surface area (Å²) >= 11 is 6.10. The number of benzene rings is 1. The highest BCUT2D eigenvalue weighted by Crippen LogP contribution is 2.20. The predicted molar refractivity (Wildman–Crippen MR) is 79.4 cm³/mol. The molecule has 0 aromatic heterocycles. The Labute approximate surface area is 123 Å². The van der Waals surface area contributed by atoms with Crippen LogP contribution < -0.4 is 16.4 Å². The molecule has 20 heavy (non-hydrogen) atoms. The maximum absolute atomic E-state index is 11.8. The van der Waals surface area contributed by atoms with Crippen LogP contribution in [-0.4, -0.2) is 30.4 Å². The average Bonchev–Trinajstić information content (AvgIpc) is 2.38. The monoisotopic (exact) mass is 297 g/mol. The molecule has 0 unspecified atom stereocenters. The molecule has 0 aliphatic rings. The van der Waals surface area contributed by atoms with E-state index in [-0.39, 0.29) is 24.9 Å². The molecule has 4 N–H and O–H groups in total. The number of halogens is 1. The van der Waals surface area contributed by atoms with Crippen LogP contribution >= 0.6 is 11.6 Å². The van der Waals surface area contributed by atoms with Crippen molar-refractivity contribution in [2.24, 2.45) is 5.73 Å². The molecule has 5 nitrogen and oxygen atoms in total. The molecule has 0 saturated carbocycles. The Morgan fingerprint density at radius 1 is 1.25 bits per heavy atom. The summed E-state index contributed by atoms with van der Waals surface area (Å²) in [5.74, 6) is -0.618. The van der Waals surface area contributed by atoms with Crippen LogP contribution in [0, 0.1) is 0 Å². The number of nitrogens with two attached hydrogens (primary N) is 1. The second-order valence-electron chi connectivity index (χ2n) is 5.18. The Hall–Kier alpha value is -1.59. The van der Waals surface area contributed by atoms with Crippen molar-refractivity contribution in [1.82, 2.24) is 10.6 Å². The molecule has 1 aromatic rings. The zero-order valence-electron chi connectivity index (χ0n) is 11.7. The molecule has 1 rings (SSSR count). The fraction of sp³-hybridized carbons (Fsp3) is 0.429. The highest BCUT2D eigenvalue weighted by Gasteiger charge is 2.22. The highest BCUT2D eigenvalue weighted by atomic mass is 35.5. The van der Waals surface area contributed by atoms with Gasteiger partial charge in [0.15, 0.2) is 0 Å². The van der Waals surface area contributed by atoms with Crippen molar-refractivity contribution in [3.05, 3.63) is 34.9 Å². The summed E-state index contributed by atoms with van der Waals surface area (Å²) in [5, 5.41) is 5.96. The first-order valence-corrected chi connectivity index (χ1v) is 6.73. The molecule has 6 heteroatoms.